The molecule has 1 fully saturated rings. The van der Waals surface area contributed by atoms with Gasteiger partial charge in [-0.25, -0.2) is 4.98 Å². The molecule has 11 heteroatoms. The second-order valence-electron chi connectivity index (χ2n) is 8.37. The second kappa shape index (κ2) is 9.30. The highest BCUT2D eigenvalue weighted by molar-refractivity contribution is 7.17. The van der Waals surface area contributed by atoms with Gasteiger partial charge < -0.3 is 16.0 Å². The third-order valence-electron chi connectivity index (χ3n) is 6.26. The molecule has 3 N–H and O–H groups in total. The summed E-state index contributed by atoms with van der Waals surface area (Å²) in [5.41, 5.74) is 6.20. The first-order valence-electron chi connectivity index (χ1n) is 10.9. The molecular weight excluding hydrogens is 455 g/mol. The molecule has 33 heavy (non-hydrogen) atoms. The molecule has 0 radical (unpaired) electrons. The molecule has 2 aromatic heterocycles. The number of hydrogen-bond donors (Lipinski definition) is 2. The second-order valence-corrected chi connectivity index (χ2v) is 9.48. The third kappa shape index (κ3) is 4.98. The smallest absolute Gasteiger partial charge is 0.365 e. The summed E-state index contributed by atoms with van der Waals surface area (Å²) >= 11 is 1.43. The maximum Gasteiger partial charge on any atom is 0.417 e. The molecule has 1 unspecified atom stereocenters. The van der Waals surface area contributed by atoms with E-state index >= 15 is 0 Å². The van der Waals surface area contributed by atoms with Gasteiger partial charge in [-0.1, -0.05) is 0 Å². The lowest BCUT2D eigenvalue weighted by Crippen LogP contribution is -2.44. The van der Waals surface area contributed by atoms with Crippen molar-refractivity contribution in [2.75, 3.05) is 36.4 Å². The van der Waals surface area contributed by atoms with Crippen LogP contribution in [0.25, 0.3) is 0 Å². The Bertz CT molecular complexity index is 1040. The number of nitrogens with two attached hydrogens (primary N) is 1. The summed E-state index contributed by atoms with van der Waals surface area (Å²) in [7, 11) is 0. The Hall–Kier alpha value is -2.66. The summed E-state index contributed by atoms with van der Waals surface area (Å²) in [6.07, 6.45) is -0.144. The number of rotatable bonds is 5. The minimum Gasteiger partial charge on any atom is -0.365 e. The quantitative estimate of drug-likeness (QED) is 0.684. The molecule has 1 atom stereocenters. The normalized spacial score (nSPS) is 18.0. The van der Waals surface area contributed by atoms with Gasteiger partial charge >= 0.3 is 6.18 Å². The zero-order chi connectivity index (χ0) is 23.8. The minimum atomic E-state index is -4.42. The van der Waals surface area contributed by atoms with E-state index in [0.29, 0.717) is 42.6 Å². The highest BCUT2D eigenvalue weighted by Crippen LogP contribution is 2.39. The maximum atomic E-state index is 13.0. The number of aryl methyl sites for hydroxylation is 1. The number of carbonyl (C=O) groups is 2. The van der Waals surface area contributed by atoms with Gasteiger partial charge in [-0.05, 0) is 50.3 Å². The van der Waals surface area contributed by atoms with E-state index in [1.54, 1.807) is 0 Å². The number of hydrogen-bond acceptors (Lipinski definition) is 6. The molecule has 1 aliphatic heterocycles. The lowest BCUT2D eigenvalue weighted by atomic mass is 10.1. The number of primary amides is 1. The van der Waals surface area contributed by atoms with Gasteiger partial charge in [0.2, 0.25) is 5.91 Å². The first-order valence-corrected chi connectivity index (χ1v) is 11.7. The van der Waals surface area contributed by atoms with Gasteiger partial charge in [0.05, 0.1) is 17.2 Å². The van der Waals surface area contributed by atoms with E-state index in [1.807, 2.05) is 16.7 Å². The Kier molecular flexibility index (Phi) is 6.62. The molecule has 3 heterocycles. The SMILES string of the molecule is CC(C(=O)Nc1sc2c(c1C(N)=O)CCC2)N1CCCN(c2ccc(C(F)(F)F)cn2)CC1. The first kappa shape index (κ1) is 23.5. The fourth-order valence-electron chi connectivity index (χ4n) is 4.43. The Morgan fingerprint density at radius 3 is 2.61 bits per heavy atom. The average Bonchev–Trinajstić information content (AvgIpc) is 3.24. The van der Waals surface area contributed by atoms with Crippen LogP contribution in [0.2, 0.25) is 0 Å². The van der Waals surface area contributed by atoms with Crippen LogP contribution in [0.15, 0.2) is 18.3 Å². The third-order valence-corrected chi connectivity index (χ3v) is 7.47. The van der Waals surface area contributed by atoms with Crippen LogP contribution in [-0.2, 0) is 23.8 Å². The Balaban J connectivity index is 1.39. The van der Waals surface area contributed by atoms with Gasteiger partial charge in [-0.2, -0.15) is 13.2 Å². The van der Waals surface area contributed by atoms with Crippen LogP contribution in [0.4, 0.5) is 24.0 Å². The lowest BCUT2D eigenvalue weighted by molar-refractivity contribution is -0.137. The summed E-state index contributed by atoms with van der Waals surface area (Å²) in [5.74, 6) is -0.244. The monoisotopic (exact) mass is 481 g/mol. The Labute approximate surface area is 193 Å². The van der Waals surface area contributed by atoms with Crippen molar-refractivity contribution in [3.8, 4) is 0 Å². The molecule has 1 saturated heterocycles. The van der Waals surface area contributed by atoms with Gasteiger partial charge in [0.25, 0.3) is 5.91 Å². The number of nitrogens with zero attached hydrogens (tertiary/aromatic N) is 3. The Morgan fingerprint density at radius 2 is 1.94 bits per heavy atom. The average molecular weight is 482 g/mol. The standard InChI is InChI=1S/C22H26F3N5O2S/c1-13(20(32)28-21-18(19(26)31)15-4-2-5-16(15)33-21)29-8-3-9-30(11-10-29)17-7-6-14(12-27-17)22(23,24)25/h6-7,12-13H,2-5,8-11H2,1H3,(H2,26,31)(H,28,32). The van der Waals surface area contributed by atoms with Crippen LogP contribution < -0.4 is 16.0 Å². The number of pyridine rings is 1. The molecule has 0 saturated carbocycles. The molecule has 7 nitrogen and oxygen atoms in total. The van der Waals surface area contributed by atoms with Crippen LogP contribution in [0.3, 0.4) is 0 Å². The highest BCUT2D eigenvalue weighted by atomic mass is 32.1. The molecule has 2 aromatic rings. The maximum absolute atomic E-state index is 13.0. The van der Waals surface area contributed by atoms with E-state index in [-0.39, 0.29) is 5.91 Å². The number of aromatic nitrogens is 1. The van der Waals surface area contributed by atoms with Gasteiger partial charge in [0.1, 0.15) is 10.8 Å². The molecule has 2 amide bonds. The Morgan fingerprint density at radius 1 is 1.15 bits per heavy atom. The number of anilines is 2. The van der Waals surface area contributed by atoms with Gasteiger partial charge in [0, 0.05) is 37.3 Å². The lowest BCUT2D eigenvalue weighted by Gasteiger charge is -2.27. The van der Waals surface area contributed by atoms with Crippen LogP contribution >= 0.6 is 11.3 Å². The molecule has 0 spiro atoms. The summed E-state index contributed by atoms with van der Waals surface area (Å²) in [4.78, 5) is 34.0. The van der Waals surface area contributed by atoms with Gasteiger partial charge in [-0.15, -0.1) is 11.3 Å². The van der Waals surface area contributed by atoms with E-state index in [4.69, 9.17) is 5.73 Å². The van der Waals surface area contributed by atoms with Crippen molar-refractivity contribution in [2.24, 2.45) is 5.73 Å². The van der Waals surface area contributed by atoms with Crippen LogP contribution in [-0.4, -0.2) is 53.9 Å². The van der Waals surface area contributed by atoms with E-state index in [1.165, 1.54) is 17.4 Å². The van der Waals surface area contributed by atoms with Gasteiger partial charge in [0.15, 0.2) is 0 Å². The molecular formula is C22H26F3N5O2S. The number of nitrogens with one attached hydrogen (secondary N) is 1. The molecule has 4 rings (SSSR count). The van der Waals surface area contributed by atoms with E-state index in [9.17, 15) is 22.8 Å². The minimum absolute atomic E-state index is 0.210. The molecule has 178 valence electrons. The molecule has 0 bridgehead atoms. The molecule has 1 aliphatic carbocycles. The predicted octanol–water partition coefficient (Wildman–Crippen LogP) is 3.29. The molecule has 0 aromatic carbocycles. The van der Waals surface area contributed by atoms with Crippen molar-refractivity contribution in [3.05, 3.63) is 39.9 Å². The number of carbonyl (C=O) groups excluding carboxylic acids is 2. The van der Waals surface area contributed by atoms with Crippen LogP contribution in [0.5, 0.6) is 0 Å². The van der Waals surface area contributed by atoms with Crippen molar-refractivity contribution in [3.63, 3.8) is 0 Å². The summed E-state index contributed by atoms with van der Waals surface area (Å²) in [6.45, 7) is 4.20. The number of fused-ring (bicyclic) bond motifs is 1. The zero-order valence-corrected chi connectivity index (χ0v) is 19.1. The molecule has 2 aliphatic rings. The van der Waals surface area contributed by atoms with Crippen molar-refractivity contribution >= 4 is 34.0 Å². The predicted molar refractivity (Wildman–Crippen MR) is 121 cm³/mol. The number of halogens is 3. The number of thiophene rings is 1. The van der Waals surface area contributed by atoms with Gasteiger partial charge in [-0.3, -0.25) is 14.5 Å². The van der Waals surface area contributed by atoms with Crippen molar-refractivity contribution in [1.82, 2.24) is 9.88 Å². The fraction of sp³-hybridized carbons (Fsp3) is 0.500. The summed E-state index contributed by atoms with van der Waals surface area (Å²) < 4.78 is 38.4. The largest absolute Gasteiger partial charge is 0.417 e. The summed E-state index contributed by atoms with van der Waals surface area (Å²) in [6, 6.07) is 1.98. The van der Waals surface area contributed by atoms with E-state index < -0.39 is 23.7 Å². The van der Waals surface area contributed by atoms with E-state index in [0.717, 1.165) is 48.4 Å². The van der Waals surface area contributed by atoms with Crippen LogP contribution in [0, 0.1) is 0 Å². The van der Waals surface area contributed by atoms with Crippen molar-refractivity contribution in [2.45, 2.75) is 44.8 Å². The number of alkyl halides is 3. The van der Waals surface area contributed by atoms with Crippen LogP contribution in [0.1, 0.15) is 46.1 Å². The first-order chi connectivity index (χ1) is 15.6. The van der Waals surface area contributed by atoms with E-state index in [2.05, 4.69) is 10.3 Å². The van der Waals surface area contributed by atoms with Crippen molar-refractivity contribution < 1.29 is 22.8 Å². The fourth-order valence-corrected chi connectivity index (χ4v) is 5.73. The van der Waals surface area contributed by atoms with Crippen molar-refractivity contribution in [1.29, 1.82) is 0 Å². The topological polar surface area (TPSA) is 91.6 Å². The zero-order valence-electron chi connectivity index (χ0n) is 18.2. The summed E-state index contributed by atoms with van der Waals surface area (Å²) in [5, 5.41) is 3.43. The number of amides is 2. The highest BCUT2D eigenvalue weighted by Gasteiger charge is 2.32.